The van der Waals surface area contributed by atoms with Crippen molar-refractivity contribution >= 4 is 11.8 Å². The van der Waals surface area contributed by atoms with Gasteiger partial charge in [0.15, 0.2) is 6.61 Å². The van der Waals surface area contributed by atoms with Crippen molar-refractivity contribution in [2.24, 2.45) is 17.3 Å². The Labute approximate surface area is 394 Å². The van der Waals surface area contributed by atoms with Crippen LogP contribution < -0.4 is 35.5 Å². The van der Waals surface area contributed by atoms with E-state index in [0.29, 0.717) is 67.4 Å². The van der Waals surface area contributed by atoms with Gasteiger partial charge >= 0.3 is 0 Å². The quantitative estimate of drug-likeness (QED) is 0.0515. The number of carbonyl (C=O) groups excluding carboxylic acids is 2. The molecule has 1 unspecified atom stereocenters. The number of aliphatic hydroxyl groups excluding tert-OH is 1. The summed E-state index contributed by atoms with van der Waals surface area (Å²) in [4.78, 5) is 26.4. The number of aryl methyl sites for hydroxylation is 1. The average molecular weight is 913 g/mol. The van der Waals surface area contributed by atoms with Crippen molar-refractivity contribution in [1.29, 1.82) is 0 Å². The number of nitrogens with one attached hydrogen (secondary N) is 4. The van der Waals surface area contributed by atoms with E-state index in [9.17, 15) is 24.9 Å². The van der Waals surface area contributed by atoms with Gasteiger partial charge in [-0.05, 0) is 146 Å². The maximum absolute atomic E-state index is 13.7. The van der Waals surface area contributed by atoms with Crippen LogP contribution in [0.25, 0.3) is 0 Å². The third-order valence-electron chi connectivity index (χ3n) is 14.9. The summed E-state index contributed by atoms with van der Waals surface area (Å²) in [6, 6.07) is 13.2. The van der Waals surface area contributed by atoms with Crippen LogP contribution in [-0.4, -0.2) is 79.7 Å². The molecule has 0 aromatic heterocycles. The minimum Gasteiger partial charge on any atom is -0.507 e. The van der Waals surface area contributed by atoms with Gasteiger partial charge in [-0.3, -0.25) is 9.59 Å². The molecule has 7 N–H and O–H groups in total. The summed E-state index contributed by atoms with van der Waals surface area (Å²) >= 11 is 0. The highest BCUT2D eigenvalue weighted by Gasteiger charge is 2.54. The van der Waals surface area contributed by atoms with Gasteiger partial charge in [0.2, 0.25) is 5.91 Å². The van der Waals surface area contributed by atoms with Crippen LogP contribution in [0, 0.1) is 17.3 Å². The summed E-state index contributed by atoms with van der Waals surface area (Å²) in [6.07, 6.45) is 10.2. The average Bonchev–Trinajstić information content (AvgIpc) is 3.59. The lowest BCUT2D eigenvalue weighted by atomic mass is 9.55. The van der Waals surface area contributed by atoms with Crippen molar-refractivity contribution < 1.29 is 39.1 Å². The van der Waals surface area contributed by atoms with E-state index < -0.39 is 6.04 Å². The van der Waals surface area contributed by atoms with Crippen LogP contribution in [-0.2, 0) is 39.9 Å². The predicted octanol–water partition coefficient (Wildman–Crippen LogP) is 8.44. The summed E-state index contributed by atoms with van der Waals surface area (Å²) in [5.41, 5.74) is 5.20. The van der Waals surface area contributed by atoms with Gasteiger partial charge in [0, 0.05) is 48.4 Å². The molecule has 2 saturated carbocycles. The van der Waals surface area contributed by atoms with Gasteiger partial charge in [-0.25, -0.2) is 0 Å². The maximum atomic E-state index is 13.7. The maximum Gasteiger partial charge on any atom is 0.257 e. The summed E-state index contributed by atoms with van der Waals surface area (Å²) in [5.74, 6) is 4.02. The number of hydrogen-bond donors (Lipinski definition) is 7. The monoisotopic (exact) mass is 913 g/mol. The van der Waals surface area contributed by atoms with Gasteiger partial charge in [-0.2, -0.15) is 0 Å². The van der Waals surface area contributed by atoms with Crippen LogP contribution in [0.15, 0.2) is 42.5 Å². The van der Waals surface area contributed by atoms with Gasteiger partial charge in [-0.1, -0.05) is 67.4 Å². The van der Waals surface area contributed by atoms with Crippen LogP contribution >= 0.6 is 0 Å². The lowest BCUT2D eigenvalue weighted by Crippen LogP contribution is -2.45. The number of methoxy groups -OCH3 is 2. The van der Waals surface area contributed by atoms with E-state index in [2.05, 4.69) is 40.3 Å². The lowest BCUT2D eigenvalue weighted by molar-refractivity contribution is -0.124. The molecular weight excluding hydrogens is 833 g/mol. The summed E-state index contributed by atoms with van der Waals surface area (Å²) in [5, 5.41) is 46.0. The van der Waals surface area contributed by atoms with Gasteiger partial charge in [-0.15, -0.1) is 0 Å². The highest BCUT2D eigenvalue weighted by molar-refractivity contribution is 5.81. The van der Waals surface area contributed by atoms with E-state index in [1.54, 1.807) is 20.3 Å². The second-order valence-corrected chi connectivity index (χ2v) is 21.5. The molecule has 12 nitrogen and oxygen atoms in total. The van der Waals surface area contributed by atoms with E-state index in [4.69, 9.17) is 14.2 Å². The molecule has 66 heavy (non-hydrogen) atoms. The molecule has 3 aliphatic rings. The van der Waals surface area contributed by atoms with E-state index >= 15 is 0 Å². The molecule has 3 aromatic rings. The van der Waals surface area contributed by atoms with Gasteiger partial charge < -0.3 is 50.8 Å². The fraction of sp³-hybridized carbons (Fsp3) is 0.630. The van der Waals surface area contributed by atoms with Crippen molar-refractivity contribution in [1.82, 2.24) is 21.3 Å². The number of phenols is 2. The largest absolute Gasteiger partial charge is 0.507 e. The molecule has 6 rings (SSSR count). The molecule has 0 aliphatic heterocycles. The smallest absolute Gasteiger partial charge is 0.257 e. The predicted molar refractivity (Wildman–Crippen MR) is 261 cm³/mol. The molecule has 0 heterocycles. The van der Waals surface area contributed by atoms with Crippen LogP contribution in [0.2, 0.25) is 0 Å². The van der Waals surface area contributed by atoms with Crippen molar-refractivity contribution in [2.45, 2.75) is 161 Å². The fourth-order valence-electron chi connectivity index (χ4n) is 11.0. The molecule has 0 radical (unpaired) electrons. The lowest BCUT2D eigenvalue weighted by Gasteiger charge is -2.50. The zero-order valence-corrected chi connectivity index (χ0v) is 41.3. The van der Waals surface area contributed by atoms with Crippen LogP contribution in [0.4, 0.5) is 0 Å². The summed E-state index contributed by atoms with van der Waals surface area (Å²) < 4.78 is 17.1. The number of benzene rings is 3. The van der Waals surface area contributed by atoms with Crippen LogP contribution in [0.3, 0.4) is 0 Å². The van der Waals surface area contributed by atoms with Gasteiger partial charge in [0.05, 0.1) is 26.4 Å². The molecule has 12 heteroatoms. The number of unbranched alkanes of at least 4 members (excludes halogenated alkanes) is 3. The first kappa shape index (κ1) is 50.9. The zero-order chi connectivity index (χ0) is 47.8. The molecule has 2 amide bonds. The van der Waals surface area contributed by atoms with E-state index in [1.165, 1.54) is 11.1 Å². The SMILES string of the molecule is COc1cc(CNCCC(NCc2cc(OC)cc(C(C)(C)C)c2O)C(=O)NCCCCCCNC(=O)COc2ccc3c(c2)CC[C@@H]2[C@@H]3CC[C@]3(C)[C@@H](O)CC[C@@H]23)c(O)c(C(C)(C)C)c1. The van der Waals surface area contributed by atoms with Gasteiger partial charge in [0.1, 0.15) is 28.7 Å². The first-order valence-corrected chi connectivity index (χ1v) is 24.6. The van der Waals surface area contributed by atoms with Crippen LogP contribution in [0.1, 0.15) is 152 Å². The van der Waals surface area contributed by atoms with Crippen molar-refractivity contribution in [2.75, 3.05) is 40.5 Å². The number of hydrogen-bond acceptors (Lipinski definition) is 10. The fourth-order valence-corrected chi connectivity index (χ4v) is 11.0. The van der Waals surface area contributed by atoms with E-state index in [0.717, 1.165) is 86.6 Å². The highest BCUT2D eigenvalue weighted by atomic mass is 16.5. The highest BCUT2D eigenvalue weighted by Crippen LogP contribution is 2.61. The molecule has 6 atom stereocenters. The molecule has 0 spiro atoms. The second-order valence-electron chi connectivity index (χ2n) is 21.5. The minimum absolute atomic E-state index is 0.0172. The third kappa shape index (κ3) is 12.3. The topological polar surface area (TPSA) is 171 Å². The number of ether oxygens (including phenoxy) is 3. The Hall–Kier alpha value is -4.52. The van der Waals surface area contributed by atoms with E-state index in [1.807, 2.05) is 65.8 Å². The number of amides is 2. The van der Waals surface area contributed by atoms with Crippen molar-refractivity contribution in [3.8, 4) is 28.7 Å². The molecule has 0 saturated heterocycles. The minimum atomic E-state index is -0.563. The van der Waals surface area contributed by atoms with Crippen molar-refractivity contribution in [3.63, 3.8) is 0 Å². The second kappa shape index (κ2) is 22.1. The molecule has 364 valence electrons. The number of phenolic OH excluding ortho intramolecular Hbond substituents is 2. The molecule has 3 aliphatic carbocycles. The van der Waals surface area contributed by atoms with E-state index in [-0.39, 0.29) is 58.8 Å². The first-order valence-electron chi connectivity index (χ1n) is 24.6. The number of fused-ring (bicyclic) bond motifs is 5. The first-order chi connectivity index (χ1) is 31.3. The van der Waals surface area contributed by atoms with Crippen LogP contribution in [0.5, 0.6) is 28.7 Å². The zero-order valence-electron chi connectivity index (χ0n) is 41.3. The van der Waals surface area contributed by atoms with Crippen molar-refractivity contribution in [3.05, 3.63) is 75.8 Å². The summed E-state index contributed by atoms with van der Waals surface area (Å²) in [7, 11) is 3.22. The Morgan fingerprint density at radius 1 is 0.758 bits per heavy atom. The Morgan fingerprint density at radius 3 is 2.00 bits per heavy atom. The third-order valence-corrected chi connectivity index (χ3v) is 14.9. The molecular formula is C54H80N4O8. The normalized spacial score (nSPS) is 21.8. The number of aliphatic hydroxyl groups is 1. The molecule has 3 aromatic carbocycles. The Morgan fingerprint density at radius 2 is 1.38 bits per heavy atom. The van der Waals surface area contributed by atoms with Gasteiger partial charge in [0.25, 0.3) is 5.91 Å². The Bertz CT molecular complexity index is 2130. The Balaban J connectivity index is 0.932. The summed E-state index contributed by atoms with van der Waals surface area (Å²) in [6.45, 7) is 16.8. The Kier molecular flexibility index (Phi) is 17.0. The number of rotatable bonds is 21. The number of carbonyl (C=O) groups is 2. The number of aromatic hydroxyl groups is 2. The molecule has 0 bridgehead atoms. The molecule has 2 fully saturated rings. The standard InChI is InChI=1S/C54H80N4O8/c1-52(2,3)44-29-38(64-8)27-35(49(44)61)31-55-25-21-46(58-32-36-28-39(65-9)30-45(50(36)62)53(4,5)6)51(63)57-24-13-11-10-12-23-56-48(60)33-66-37-15-17-40-34(26-37)14-16-42-41(40)20-22-54(7)43(42)18-19-47(54)59/h15,17,26-30,41-43,46-47,55,58-59,61-62H,10-14,16,18-25,31-33H2,1-9H3,(H,56,60)(H,57,63)/t41-,42-,43+,46?,47+,54+/m1/s1.